The van der Waals surface area contributed by atoms with Crippen molar-refractivity contribution >= 4 is 38.5 Å². The Balaban J connectivity index is 2.25. The van der Waals surface area contributed by atoms with Crippen LogP contribution in [0.15, 0.2) is 23.1 Å². The average Bonchev–Trinajstić information content (AvgIpc) is 2.87. The number of ether oxygens (including phenoxy) is 1. The van der Waals surface area contributed by atoms with Crippen molar-refractivity contribution < 1.29 is 23.1 Å². The van der Waals surface area contributed by atoms with Gasteiger partial charge in [0.2, 0.25) is 10.0 Å². The number of halogens is 1. The highest BCUT2D eigenvalue weighted by Gasteiger charge is 2.33. The Morgan fingerprint density at radius 2 is 2.00 bits per heavy atom. The number of carboxylic acid groups (broad SMARTS) is 1. The van der Waals surface area contributed by atoms with Crippen molar-refractivity contribution in [1.82, 2.24) is 9.29 Å². The third kappa shape index (κ3) is 2.48. The topological polar surface area (TPSA) is 99.7 Å². The molecule has 0 saturated carbocycles. The van der Waals surface area contributed by atoms with Gasteiger partial charge in [0.1, 0.15) is 10.6 Å². The summed E-state index contributed by atoms with van der Waals surface area (Å²) in [5, 5.41) is 9.94. The summed E-state index contributed by atoms with van der Waals surface area (Å²) in [7, 11) is -3.96. The van der Waals surface area contributed by atoms with E-state index in [1.807, 2.05) is 0 Å². The van der Waals surface area contributed by atoms with E-state index in [0.29, 0.717) is 10.5 Å². The van der Waals surface area contributed by atoms with Crippen LogP contribution >= 0.6 is 11.6 Å². The molecule has 0 atom stereocenters. The smallest absolute Gasteiger partial charge is 0.353 e. The molecule has 0 radical (unpaired) electrons. The van der Waals surface area contributed by atoms with E-state index >= 15 is 0 Å². The van der Waals surface area contributed by atoms with Crippen molar-refractivity contribution in [3.8, 4) is 0 Å². The Kier molecular flexibility index (Phi) is 3.85. The van der Waals surface area contributed by atoms with E-state index < -0.39 is 16.0 Å². The molecule has 118 valence electrons. The quantitative estimate of drug-likeness (QED) is 0.879. The summed E-state index contributed by atoms with van der Waals surface area (Å²) in [5.41, 5.74) is 0.0531. The van der Waals surface area contributed by atoms with Crippen LogP contribution in [0.1, 0.15) is 10.5 Å². The van der Waals surface area contributed by atoms with E-state index in [0.717, 1.165) is 0 Å². The third-order valence-corrected chi connectivity index (χ3v) is 5.71. The molecule has 0 aliphatic carbocycles. The van der Waals surface area contributed by atoms with E-state index in [4.69, 9.17) is 16.3 Å². The molecule has 2 heterocycles. The summed E-state index contributed by atoms with van der Waals surface area (Å²) in [6.45, 7) is 0.943. The average molecular weight is 345 g/mol. The first-order valence-electron chi connectivity index (χ1n) is 6.53. The number of aromatic nitrogens is 1. The van der Waals surface area contributed by atoms with Crippen molar-refractivity contribution in [2.75, 3.05) is 26.3 Å². The van der Waals surface area contributed by atoms with Crippen molar-refractivity contribution in [1.29, 1.82) is 0 Å². The highest BCUT2D eigenvalue weighted by molar-refractivity contribution is 7.89. The number of morpholine rings is 1. The molecule has 2 N–H and O–H groups in total. The molecule has 9 heteroatoms. The van der Waals surface area contributed by atoms with Crippen LogP contribution in [0.25, 0.3) is 10.9 Å². The molecule has 0 unspecified atom stereocenters. The van der Waals surface area contributed by atoms with Crippen LogP contribution in [0, 0.1) is 0 Å². The summed E-state index contributed by atoms with van der Waals surface area (Å²) in [6.07, 6.45) is 0. The molecule has 2 aromatic rings. The zero-order chi connectivity index (χ0) is 15.9. The third-order valence-electron chi connectivity index (χ3n) is 3.49. The van der Waals surface area contributed by atoms with Gasteiger partial charge in [-0.25, -0.2) is 13.2 Å². The maximum atomic E-state index is 12.8. The van der Waals surface area contributed by atoms with Gasteiger partial charge in [-0.1, -0.05) is 11.6 Å². The fourth-order valence-corrected chi connectivity index (χ4v) is 4.38. The number of nitrogens with zero attached hydrogens (tertiary/aromatic N) is 1. The summed E-state index contributed by atoms with van der Waals surface area (Å²) in [4.78, 5) is 13.8. The summed E-state index contributed by atoms with van der Waals surface area (Å²) in [6, 6.07) is 4.58. The summed E-state index contributed by atoms with van der Waals surface area (Å²) in [5.74, 6) is -1.33. The summed E-state index contributed by atoms with van der Waals surface area (Å²) < 4.78 is 32.1. The van der Waals surface area contributed by atoms with Crippen LogP contribution < -0.4 is 0 Å². The number of carbonyl (C=O) groups is 1. The minimum atomic E-state index is -3.96. The maximum absolute atomic E-state index is 12.8. The molecule has 1 aromatic carbocycles. The van der Waals surface area contributed by atoms with Gasteiger partial charge < -0.3 is 14.8 Å². The van der Waals surface area contributed by atoms with E-state index in [2.05, 4.69) is 4.98 Å². The molecule has 0 spiro atoms. The van der Waals surface area contributed by atoms with Gasteiger partial charge in [0, 0.05) is 29.0 Å². The van der Waals surface area contributed by atoms with Gasteiger partial charge in [-0.05, 0) is 18.2 Å². The lowest BCUT2D eigenvalue weighted by Gasteiger charge is -2.26. The largest absolute Gasteiger partial charge is 0.477 e. The Bertz CT molecular complexity index is 839. The predicted molar refractivity (Wildman–Crippen MR) is 79.8 cm³/mol. The Labute approximate surface area is 131 Å². The number of aromatic amines is 1. The number of hydrogen-bond donors (Lipinski definition) is 2. The van der Waals surface area contributed by atoms with E-state index in [-0.39, 0.29) is 42.3 Å². The second-order valence-electron chi connectivity index (χ2n) is 4.84. The number of nitrogens with one attached hydrogen (secondary N) is 1. The molecule has 1 fully saturated rings. The van der Waals surface area contributed by atoms with Crippen LogP contribution in [0.5, 0.6) is 0 Å². The lowest BCUT2D eigenvalue weighted by Crippen LogP contribution is -2.41. The molecule has 22 heavy (non-hydrogen) atoms. The first kappa shape index (κ1) is 15.3. The van der Waals surface area contributed by atoms with Crippen molar-refractivity contribution in [3.05, 3.63) is 28.9 Å². The Morgan fingerprint density at radius 1 is 1.32 bits per heavy atom. The van der Waals surface area contributed by atoms with Crippen molar-refractivity contribution in [2.45, 2.75) is 4.90 Å². The molecule has 0 amide bonds. The lowest BCUT2D eigenvalue weighted by atomic mass is 10.2. The van der Waals surface area contributed by atoms with Crippen LogP contribution in [0.3, 0.4) is 0 Å². The fourth-order valence-electron chi connectivity index (χ4n) is 2.47. The molecular formula is C13H13ClN2O5S. The molecule has 0 bridgehead atoms. The Hall–Kier alpha value is -1.61. The molecular weight excluding hydrogens is 332 g/mol. The lowest BCUT2D eigenvalue weighted by molar-refractivity contribution is 0.0683. The highest BCUT2D eigenvalue weighted by atomic mass is 35.5. The molecule has 1 saturated heterocycles. The molecule has 1 aliphatic rings. The number of aromatic carboxylic acids is 1. The number of hydrogen-bond acceptors (Lipinski definition) is 4. The number of benzene rings is 1. The fraction of sp³-hybridized carbons (Fsp3) is 0.308. The van der Waals surface area contributed by atoms with Gasteiger partial charge in [-0.15, -0.1) is 0 Å². The standard InChI is InChI=1S/C13H13ClN2O5S/c14-8-1-2-10-9(7-8)12(11(15-10)13(17)18)22(19,20)16-3-5-21-6-4-16/h1-2,7,15H,3-6H2,(H,17,18). The molecule has 7 nitrogen and oxygen atoms in total. The monoisotopic (exact) mass is 344 g/mol. The first-order chi connectivity index (χ1) is 10.4. The van der Waals surface area contributed by atoms with E-state index in [9.17, 15) is 18.3 Å². The van der Waals surface area contributed by atoms with Gasteiger partial charge in [0.05, 0.1) is 13.2 Å². The van der Waals surface area contributed by atoms with Crippen molar-refractivity contribution in [2.24, 2.45) is 0 Å². The highest BCUT2D eigenvalue weighted by Crippen LogP contribution is 2.31. The molecule has 1 aromatic heterocycles. The second kappa shape index (κ2) is 5.54. The van der Waals surface area contributed by atoms with Gasteiger partial charge in [0.25, 0.3) is 0 Å². The zero-order valence-corrected chi connectivity index (χ0v) is 12.9. The predicted octanol–water partition coefficient (Wildman–Crippen LogP) is 1.54. The normalized spacial score (nSPS) is 17.0. The van der Waals surface area contributed by atoms with Gasteiger partial charge in [-0.2, -0.15) is 4.31 Å². The zero-order valence-electron chi connectivity index (χ0n) is 11.4. The second-order valence-corrected chi connectivity index (χ2v) is 7.15. The number of carboxylic acids is 1. The SMILES string of the molecule is O=C(O)c1[nH]c2ccc(Cl)cc2c1S(=O)(=O)N1CCOCC1. The van der Waals surface area contributed by atoms with E-state index in [1.165, 1.54) is 10.4 Å². The minimum absolute atomic E-state index is 0.189. The van der Waals surface area contributed by atoms with Crippen LogP contribution in [0.4, 0.5) is 0 Å². The number of fused-ring (bicyclic) bond motifs is 1. The number of rotatable bonds is 3. The minimum Gasteiger partial charge on any atom is -0.477 e. The maximum Gasteiger partial charge on any atom is 0.353 e. The molecule has 1 aliphatic heterocycles. The Morgan fingerprint density at radius 3 is 2.64 bits per heavy atom. The van der Waals surface area contributed by atoms with Gasteiger partial charge in [0.15, 0.2) is 0 Å². The van der Waals surface area contributed by atoms with Gasteiger partial charge >= 0.3 is 5.97 Å². The van der Waals surface area contributed by atoms with E-state index in [1.54, 1.807) is 12.1 Å². The molecule has 3 rings (SSSR count). The first-order valence-corrected chi connectivity index (χ1v) is 8.35. The van der Waals surface area contributed by atoms with Crippen molar-refractivity contribution in [3.63, 3.8) is 0 Å². The van der Waals surface area contributed by atoms with Crippen LogP contribution in [0.2, 0.25) is 5.02 Å². The number of sulfonamides is 1. The summed E-state index contributed by atoms with van der Waals surface area (Å²) >= 11 is 5.93. The van der Waals surface area contributed by atoms with Gasteiger partial charge in [-0.3, -0.25) is 0 Å². The number of H-pyrrole nitrogens is 1. The van der Waals surface area contributed by atoms with Crippen LogP contribution in [-0.4, -0.2) is 55.1 Å². The van der Waals surface area contributed by atoms with Crippen LogP contribution in [-0.2, 0) is 14.8 Å².